The van der Waals surface area contributed by atoms with Crippen LogP contribution in [0.1, 0.15) is 45.6 Å². The highest BCUT2D eigenvalue weighted by Crippen LogP contribution is 2.43. The second-order valence-electron chi connectivity index (χ2n) is 11.1. The number of anilines is 1. The monoisotopic (exact) mass is 477 g/mol. The molecule has 2 saturated heterocycles. The average molecular weight is 478 g/mol. The zero-order valence-electron chi connectivity index (χ0n) is 20.6. The van der Waals surface area contributed by atoms with Crippen LogP contribution in [-0.2, 0) is 4.74 Å². The van der Waals surface area contributed by atoms with Gasteiger partial charge >= 0.3 is 0 Å². The summed E-state index contributed by atoms with van der Waals surface area (Å²) in [6, 6.07) is 8.58. The van der Waals surface area contributed by atoms with Gasteiger partial charge in [-0.15, -0.1) is 0 Å². The minimum atomic E-state index is -0.140. The molecule has 1 unspecified atom stereocenters. The molecule has 186 valence electrons. The lowest BCUT2D eigenvalue weighted by Crippen LogP contribution is -2.53. The number of likely N-dealkylation sites (tertiary alicyclic amines) is 1. The number of nitrogens with two attached hydrogens (primary N) is 1. The number of hydrogen-bond acceptors (Lipinski definition) is 7. The molecule has 0 amide bonds. The number of ether oxygens (including phenoxy) is 2. The summed E-state index contributed by atoms with van der Waals surface area (Å²) in [5.74, 6) is 1.99. The molecule has 0 bridgehead atoms. The Hall–Kier alpha value is -2.68. The summed E-state index contributed by atoms with van der Waals surface area (Å²) in [5.41, 5.74) is 9.28. The molecule has 1 aliphatic carbocycles. The van der Waals surface area contributed by atoms with Crippen molar-refractivity contribution in [2.24, 2.45) is 5.92 Å². The van der Waals surface area contributed by atoms with E-state index >= 15 is 0 Å². The predicted octanol–water partition coefficient (Wildman–Crippen LogP) is 3.64. The highest BCUT2D eigenvalue weighted by Gasteiger charge is 2.36. The van der Waals surface area contributed by atoms with Crippen LogP contribution >= 0.6 is 0 Å². The van der Waals surface area contributed by atoms with Crippen LogP contribution in [0.25, 0.3) is 22.2 Å². The van der Waals surface area contributed by atoms with Crippen molar-refractivity contribution in [1.82, 2.24) is 19.4 Å². The number of β-amino-alcohol motifs (C(OH)–C–C–N with tert-alkyl or cyclic N) is 1. The van der Waals surface area contributed by atoms with Crippen LogP contribution in [0.4, 0.5) is 5.82 Å². The van der Waals surface area contributed by atoms with Crippen molar-refractivity contribution in [3.8, 4) is 16.9 Å². The van der Waals surface area contributed by atoms with E-state index < -0.39 is 0 Å². The molecule has 8 heteroatoms. The third-order valence-corrected chi connectivity index (χ3v) is 7.83. The molecule has 3 aliphatic rings. The fourth-order valence-corrected chi connectivity index (χ4v) is 5.88. The quantitative estimate of drug-likeness (QED) is 0.536. The number of aliphatic hydroxyl groups is 1. The van der Waals surface area contributed by atoms with Gasteiger partial charge in [0.2, 0.25) is 0 Å². The number of aliphatic hydroxyl groups excluding tert-OH is 1. The lowest BCUT2D eigenvalue weighted by Gasteiger charge is -2.43. The number of fused-ring (bicyclic) bond motifs is 1. The third kappa shape index (κ3) is 4.50. The SMILES string of the molecule is CC1(C)CCC(COc2cccc(-c3cn([C@H]4C[C@H](CN5CC(O)C5)C4)c4ncnc(N)c34)c2)O1. The molecule has 3 aromatic rings. The number of benzene rings is 1. The number of aromatic nitrogens is 3. The Balaban J connectivity index is 1.21. The van der Waals surface area contributed by atoms with Gasteiger partial charge in [-0.1, -0.05) is 12.1 Å². The van der Waals surface area contributed by atoms with Gasteiger partial charge < -0.3 is 24.9 Å². The van der Waals surface area contributed by atoms with Gasteiger partial charge in [-0.25, -0.2) is 9.97 Å². The van der Waals surface area contributed by atoms with Crippen molar-refractivity contribution < 1.29 is 14.6 Å². The fourth-order valence-electron chi connectivity index (χ4n) is 5.88. The van der Waals surface area contributed by atoms with E-state index in [9.17, 15) is 5.11 Å². The van der Waals surface area contributed by atoms with Gasteiger partial charge in [0, 0.05) is 37.4 Å². The molecule has 0 radical (unpaired) electrons. The highest BCUT2D eigenvalue weighted by molar-refractivity contribution is 6.00. The topological polar surface area (TPSA) is 98.7 Å². The zero-order valence-corrected chi connectivity index (χ0v) is 20.6. The van der Waals surface area contributed by atoms with Crippen LogP contribution in [0.15, 0.2) is 36.8 Å². The molecule has 3 fully saturated rings. The lowest BCUT2D eigenvalue weighted by atomic mass is 9.79. The van der Waals surface area contributed by atoms with E-state index in [4.69, 9.17) is 15.2 Å². The van der Waals surface area contributed by atoms with Crippen LogP contribution in [0, 0.1) is 5.92 Å². The van der Waals surface area contributed by atoms with Gasteiger partial charge in [0.1, 0.15) is 30.1 Å². The fraction of sp³-hybridized carbons (Fsp3) is 0.556. The summed E-state index contributed by atoms with van der Waals surface area (Å²) in [6.07, 6.45) is 8.03. The zero-order chi connectivity index (χ0) is 24.2. The van der Waals surface area contributed by atoms with Gasteiger partial charge in [0.15, 0.2) is 0 Å². The predicted molar refractivity (Wildman–Crippen MR) is 135 cm³/mol. The van der Waals surface area contributed by atoms with Crippen molar-refractivity contribution in [2.45, 2.75) is 63.4 Å². The summed E-state index contributed by atoms with van der Waals surface area (Å²) in [4.78, 5) is 11.3. The van der Waals surface area contributed by atoms with Crippen LogP contribution in [0.5, 0.6) is 5.75 Å². The normalized spacial score (nSPS) is 26.5. The summed E-state index contributed by atoms with van der Waals surface area (Å²) in [7, 11) is 0. The van der Waals surface area contributed by atoms with Crippen molar-refractivity contribution >= 4 is 16.9 Å². The maximum atomic E-state index is 9.55. The molecule has 8 nitrogen and oxygen atoms in total. The van der Waals surface area contributed by atoms with E-state index in [-0.39, 0.29) is 17.8 Å². The molecular formula is C27H35N5O3. The van der Waals surface area contributed by atoms with E-state index in [1.807, 2.05) is 12.1 Å². The number of rotatable bonds is 7. The number of nitrogen functional groups attached to an aromatic ring is 1. The minimum absolute atomic E-state index is 0.0632. The molecule has 0 spiro atoms. The van der Waals surface area contributed by atoms with Crippen LogP contribution in [0.2, 0.25) is 0 Å². The summed E-state index contributed by atoms with van der Waals surface area (Å²) >= 11 is 0. The molecule has 2 aliphatic heterocycles. The van der Waals surface area contributed by atoms with Gasteiger partial charge in [-0.2, -0.15) is 0 Å². The van der Waals surface area contributed by atoms with Crippen molar-refractivity contribution in [3.63, 3.8) is 0 Å². The summed E-state index contributed by atoms with van der Waals surface area (Å²) in [5, 5.41) is 10.5. The third-order valence-electron chi connectivity index (χ3n) is 7.83. The second kappa shape index (κ2) is 8.76. The molecule has 3 N–H and O–H groups in total. The van der Waals surface area contributed by atoms with E-state index in [0.717, 1.165) is 73.2 Å². The molecule has 4 heterocycles. The van der Waals surface area contributed by atoms with Crippen LogP contribution in [-0.4, -0.2) is 68.6 Å². The van der Waals surface area contributed by atoms with Gasteiger partial charge in [0.25, 0.3) is 0 Å². The number of nitrogens with zero attached hydrogens (tertiary/aromatic N) is 4. The van der Waals surface area contributed by atoms with Crippen molar-refractivity contribution in [2.75, 3.05) is 32.0 Å². The summed E-state index contributed by atoms with van der Waals surface area (Å²) < 4.78 is 14.5. The maximum Gasteiger partial charge on any atom is 0.146 e. The standard InChI is InChI=1S/C27H35N5O3/c1-27(2)7-6-22(35-27)15-34-21-5-3-4-18(10-21)23-14-32(26-24(23)25(28)29-16-30-26)19-8-17(9-19)11-31-12-20(33)13-31/h3-5,10,14,16-17,19-20,22,33H,6-9,11-13,15H2,1-2H3,(H2,28,29,30)/t17-,19-,22?. The molecule has 35 heavy (non-hydrogen) atoms. The molecule has 2 aromatic heterocycles. The van der Waals surface area contributed by atoms with Crippen molar-refractivity contribution in [1.29, 1.82) is 0 Å². The van der Waals surface area contributed by atoms with Gasteiger partial charge in [-0.05, 0) is 63.1 Å². The van der Waals surface area contributed by atoms with Crippen LogP contribution < -0.4 is 10.5 Å². The van der Waals surface area contributed by atoms with E-state index in [1.165, 1.54) is 0 Å². The van der Waals surface area contributed by atoms with E-state index in [0.29, 0.717) is 24.4 Å². The maximum absolute atomic E-state index is 9.55. The lowest BCUT2D eigenvalue weighted by molar-refractivity contribution is -0.0326. The number of hydrogen-bond donors (Lipinski definition) is 2. The highest BCUT2D eigenvalue weighted by atomic mass is 16.6. The Labute approximate surface area is 206 Å². The largest absolute Gasteiger partial charge is 0.491 e. The molecule has 1 saturated carbocycles. The minimum Gasteiger partial charge on any atom is -0.491 e. The molecule has 1 atom stereocenters. The van der Waals surface area contributed by atoms with Gasteiger partial charge in [0.05, 0.1) is 23.2 Å². The average Bonchev–Trinajstić information content (AvgIpc) is 3.34. The second-order valence-corrected chi connectivity index (χ2v) is 11.1. The summed E-state index contributed by atoms with van der Waals surface area (Å²) in [6.45, 7) is 7.51. The molecular weight excluding hydrogens is 442 g/mol. The first kappa shape index (κ1) is 22.8. The first-order chi connectivity index (χ1) is 16.8. The first-order valence-electron chi connectivity index (χ1n) is 12.8. The Morgan fingerprint density at radius 1 is 1.23 bits per heavy atom. The van der Waals surface area contributed by atoms with Crippen LogP contribution in [0.3, 0.4) is 0 Å². The van der Waals surface area contributed by atoms with Crippen molar-refractivity contribution in [3.05, 3.63) is 36.8 Å². The van der Waals surface area contributed by atoms with Gasteiger partial charge in [-0.3, -0.25) is 4.90 Å². The molecule has 6 rings (SSSR count). The van der Waals surface area contributed by atoms with E-state index in [1.54, 1.807) is 6.33 Å². The molecule has 1 aromatic carbocycles. The smallest absolute Gasteiger partial charge is 0.146 e. The Kier molecular flexibility index (Phi) is 5.70. The Morgan fingerprint density at radius 2 is 2.06 bits per heavy atom. The Morgan fingerprint density at radius 3 is 2.80 bits per heavy atom. The van der Waals surface area contributed by atoms with E-state index in [2.05, 4.69) is 51.6 Å². The first-order valence-corrected chi connectivity index (χ1v) is 12.8. The Bertz CT molecular complexity index is 1210.